The molecule has 0 aromatic rings. The molecule has 0 spiro atoms. The molecule has 0 atom stereocenters. The molecule has 0 rings (SSSR count). The van der Waals surface area contributed by atoms with Crippen LogP contribution in [-0.4, -0.2) is 16.9 Å². The molecule has 0 heterocycles. The number of esters is 1. The van der Waals surface area contributed by atoms with Gasteiger partial charge in [0.05, 0.1) is 6.61 Å². The van der Waals surface area contributed by atoms with Gasteiger partial charge in [-0.25, -0.2) is 0 Å². The van der Waals surface area contributed by atoms with Gasteiger partial charge in [-0.2, -0.15) is 0 Å². The summed E-state index contributed by atoms with van der Waals surface area (Å²) in [5.74, 6) is -0.261. The molecule has 4 heteroatoms. The van der Waals surface area contributed by atoms with Gasteiger partial charge in [0, 0.05) is 6.42 Å². The maximum Gasteiger partial charge on any atom is 0.305 e. The molecule has 13 heavy (non-hydrogen) atoms. The summed E-state index contributed by atoms with van der Waals surface area (Å²) in [6.45, 7) is 5.97. The lowest BCUT2D eigenvalue weighted by molar-refractivity contribution is -0.143. The number of rotatable bonds is 6. The summed E-state index contributed by atoms with van der Waals surface area (Å²) in [4.78, 5) is 11.0. The van der Waals surface area contributed by atoms with E-state index in [-0.39, 0.29) is 12.4 Å². The van der Waals surface area contributed by atoms with Crippen molar-refractivity contribution in [3.63, 3.8) is 0 Å². The lowest BCUT2D eigenvalue weighted by atomic mass is 10.2. The van der Waals surface area contributed by atoms with Crippen molar-refractivity contribution in [2.75, 3.05) is 6.61 Å². The Balaban J connectivity index is 3.41. The first-order valence-electron chi connectivity index (χ1n) is 4.34. The molecule has 0 aliphatic heterocycles. The number of hydrogen-bond acceptors (Lipinski definition) is 2. The summed E-state index contributed by atoms with van der Waals surface area (Å²) in [7, 11) is 0. The van der Waals surface area contributed by atoms with Crippen LogP contribution >= 0.6 is 23.2 Å². The first kappa shape index (κ1) is 13.1. The summed E-state index contributed by atoms with van der Waals surface area (Å²) >= 11 is 11.2. The molecule has 0 saturated heterocycles. The second kappa shape index (κ2) is 6.50. The van der Waals surface area contributed by atoms with Gasteiger partial charge < -0.3 is 4.74 Å². The average Bonchev–Trinajstić information content (AvgIpc) is 2.00. The maximum absolute atomic E-state index is 11.0. The Morgan fingerprint density at radius 1 is 1.54 bits per heavy atom. The zero-order valence-corrected chi connectivity index (χ0v) is 9.33. The van der Waals surface area contributed by atoms with Gasteiger partial charge in [-0.05, 0) is 19.8 Å². The van der Waals surface area contributed by atoms with Gasteiger partial charge in [0.25, 0.3) is 0 Å². The summed E-state index contributed by atoms with van der Waals surface area (Å²) < 4.78 is 3.81. The van der Waals surface area contributed by atoms with Crippen molar-refractivity contribution in [3.8, 4) is 0 Å². The molecule has 77 valence electrons. The molecular weight excluding hydrogens is 211 g/mol. The van der Waals surface area contributed by atoms with Crippen molar-refractivity contribution in [3.05, 3.63) is 6.92 Å². The van der Waals surface area contributed by atoms with E-state index in [9.17, 15) is 4.79 Å². The van der Waals surface area contributed by atoms with Crippen LogP contribution in [0.1, 0.15) is 32.6 Å². The van der Waals surface area contributed by atoms with Crippen molar-refractivity contribution in [2.45, 2.75) is 36.9 Å². The fraction of sp³-hybridized carbons (Fsp3) is 0.778. The monoisotopic (exact) mass is 225 g/mol. The Bertz CT molecular complexity index is 152. The van der Waals surface area contributed by atoms with Crippen LogP contribution in [0.3, 0.4) is 0 Å². The number of halogens is 2. The summed E-state index contributed by atoms with van der Waals surface area (Å²) in [6.07, 6.45) is 2.45. The standard InChI is InChI=1S/C9H15Cl2O2/c1-3-4-7-13-8(12)5-6-9(2,10)11/h2-7H2,1H3. The average molecular weight is 226 g/mol. The summed E-state index contributed by atoms with van der Waals surface area (Å²) in [5.41, 5.74) is 0. The molecule has 0 bridgehead atoms. The normalized spacial score (nSPS) is 11.4. The number of hydrogen-bond donors (Lipinski definition) is 0. The van der Waals surface area contributed by atoms with Crippen LogP contribution in [0.15, 0.2) is 0 Å². The van der Waals surface area contributed by atoms with E-state index >= 15 is 0 Å². The molecule has 0 fully saturated rings. The van der Waals surface area contributed by atoms with Crippen LogP contribution in [0.2, 0.25) is 0 Å². The summed E-state index contributed by atoms with van der Waals surface area (Å²) in [6, 6.07) is 0. The van der Waals surface area contributed by atoms with E-state index in [4.69, 9.17) is 27.9 Å². The predicted molar refractivity (Wildman–Crippen MR) is 54.9 cm³/mol. The van der Waals surface area contributed by atoms with Gasteiger partial charge in [-0.1, -0.05) is 13.3 Å². The predicted octanol–water partition coefficient (Wildman–Crippen LogP) is 3.12. The SMILES string of the molecule is [CH2]C(Cl)(Cl)CCC(=O)OCCCC. The Hall–Kier alpha value is 0.0500. The zero-order chi connectivity index (χ0) is 10.3. The minimum absolute atomic E-state index is 0.222. The van der Waals surface area contributed by atoms with Gasteiger partial charge in [0.15, 0.2) is 0 Å². The van der Waals surface area contributed by atoms with E-state index in [1.807, 2.05) is 6.92 Å². The number of unbranched alkanes of at least 4 members (excludes halogenated alkanes) is 1. The first-order chi connectivity index (χ1) is 5.95. The van der Waals surface area contributed by atoms with Crippen molar-refractivity contribution < 1.29 is 9.53 Å². The van der Waals surface area contributed by atoms with E-state index in [1.165, 1.54) is 0 Å². The highest BCUT2D eigenvalue weighted by Crippen LogP contribution is 2.25. The van der Waals surface area contributed by atoms with Crippen molar-refractivity contribution >= 4 is 29.2 Å². The number of carbonyl (C=O) groups excluding carboxylic acids is 1. The highest BCUT2D eigenvalue weighted by atomic mass is 35.5. The molecule has 1 radical (unpaired) electrons. The lowest BCUT2D eigenvalue weighted by Crippen LogP contribution is -2.12. The fourth-order valence-electron chi connectivity index (χ4n) is 0.687. The maximum atomic E-state index is 11.0. The van der Waals surface area contributed by atoms with Crippen molar-refractivity contribution in [2.24, 2.45) is 0 Å². The third-order valence-electron chi connectivity index (χ3n) is 1.46. The molecule has 2 nitrogen and oxygen atoms in total. The highest BCUT2D eigenvalue weighted by molar-refractivity contribution is 6.49. The van der Waals surface area contributed by atoms with E-state index in [1.54, 1.807) is 0 Å². The van der Waals surface area contributed by atoms with Gasteiger partial charge in [-0.3, -0.25) is 4.79 Å². The van der Waals surface area contributed by atoms with Crippen LogP contribution in [-0.2, 0) is 9.53 Å². The minimum atomic E-state index is -1.08. The topological polar surface area (TPSA) is 26.3 Å². The second-order valence-corrected chi connectivity index (χ2v) is 4.57. The smallest absolute Gasteiger partial charge is 0.305 e. The Morgan fingerprint density at radius 2 is 2.15 bits per heavy atom. The molecule has 0 aromatic carbocycles. The first-order valence-corrected chi connectivity index (χ1v) is 5.10. The van der Waals surface area contributed by atoms with Crippen LogP contribution < -0.4 is 0 Å². The van der Waals surface area contributed by atoms with Crippen LogP contribution in [0.25, 0.3) is 0 Å². The highest BCUT2D eigenvalue weighted by Gasteiger charge is 2.18. The summed E-state index contributed by atoms with van der Waals surface area (Å²) in [5, 5.41) is 0. The van der Waals surface area contributed by atoms with Gasteiger partial charge in [0.1, 0.15) is 4.33 Å². The molecule has 0 N–H and O–H groups in total. The van der Waals surface area contributed by atoms with E-state index < -0.39 is 4.33 Å². The number of ether oxygens (including phenoxy) is 1. The molecule has 0 unspecified atom stereocenters. The molecule has 0 saturated carbocycles. The van der Waals surface area contributed by atoms with Crippen molar-refractivity contribution in [1.82, 2.24) is 0 Å². The van der Waals surface area contributed by atoms with Crippen LogP contribution in [0, 0.1) is 6.92 Å². The van der Waals surface area contributed by atoms with Gasteiger partial charge >= 0.3 is 5.97 Å². The molecule has 0 aromatic heterocycles. The minimum Gasteiger partial charge on any atom is -0.466 e. The Labute approximate surface area is 89.5 Å². The molecule has 0 aliphatic carbocycles. The van der Waals surface area contributed by atoms with Crippen molar-refractivity contribution in [1.29, 1.82) is 0 Å². The third-order valence-corrected chi connectivity index (χ3v) is 1.83. The lowest BCUT2D eigenvalue weighted by Gasteiger charge is -2.11. The number of carbonyl (C=O) groups is 1. The van der Waals surface area contributed by atoms with E-state index in [0.717, 1.165) is 12.8 Å². The third kappa shape index (κ3) is 9.97. The van der Waals surface area contributed by atoms with Crippen LogP contribution in [0.5, 0.6) is 0 Å². The Morgan fingerprint density at radius 3 is 2.62 bits per heavy atom. The van der Waals surface area contributed by atoms with E-state index in [2.05, 4.69) is 6.92 Å². The van der Waals surface area contributed by atoms with Crippen LogP contribution in [0.4, 0.5) is 0 Å². The van der Waals surface area contributed by atoms with Gasteiger partial charge in [0.2, 0.25) is 0 Å². The van der Waals surface area contributed by atoms with E-state index in [0.29, 0.717) is 13.0 Å². The molecule has 0 aliphatic rings. The fourth-order valence-corrected chi connectivity index (χ4v) is 0.876. The largest absolute Gasteiger partial charge is 0.466 e. The molecular formula is C9H15Cl2O2. The Kier molecular flexibility index (Phi) is 6.52. The quantitative estimate of drug-likeness (QED) is 0.395. The van der Waals surface area contributed by atoms with Gasteiger partial charge in [-0.15, -0.1) is 23.2 Å². The molecule has 0 amide bonds. The number of alkyl halides is 2. The zero-order valence-electron chi connectivity index (χ0n) is 7.82. The second-order valence-electron chi connectivity index (χ2n) is 2.93.